The lowest BCUT2D eigenvalue weighted by Crippen LogP contribution is -2.00. The molecule has 0 spiro atoms. The van der Waals surface area contributed by atoms with E-state index in [1.165, 1.54) is 18.2 Å². The summed E-state index contributed by atoms with van der Waals surface area (Å²) in [5.41, 5.74) is 1.24. The van der Waals surface area contributed by atoms with E-state index in [1.807, 2.05) is 30.3 Å². The number of rotatable bonds is 4. The van der Waals surface area contributed by atoms with Gasteiger partial charge in [0.05, 0.1) is 0 Å². The maximum absolute atomic E-state index is 13.6. The van der Waals surface area contributed by atoms with Crippen molar-refractivity contribution in [3.05, 3.63) is 71.8 Å². The van der Waals surface area contributed by atoms with E-state index in [-0.39, 0.29) is 12.4 Å². The molecular formula is C15H12F2O. The molecule has 92 valence electrons. The third-order valence-electron chi connectivity index (χ3n) is 2.48. The fraction of sp³-hybridized carbons (Fsp3) is 0.0667. The Morgan fingerprint density at radius 2 is 1.67 bits per heavy atom. The van der Waals surface area contributed by atoms with E-state index >= 15 is 0 Å². The summed E-state index contributed by atoms with van der Waals surface area (Å²) in [5, 5.41) is 0. The van der Waals surface area contributed by atoms with Crippen molar-refractivity contribution < 1.29 is 13.5 Å². The Morgan fingerprint density at radius 1 is 1.06 bits per heavy atom. The Morgan fingerprint density at radius 3 is 2.22 bits per heavy atom. The monoisotopic (exact) mass is 246 g/mol. The van der Waals surface area contributed by atoms with Gasteiger partial charge in [-0.2, -0.15) is 0 Å². The van der Waals surface area contributed by atoms with Crippen molar-refractivity contribution >= 4 is 6.08 Å². The van der Waals surface area contributed by atoms with Crippen molar-refractivity contribution in [2.24, 2.45) is 0 Å². The molecule has 2 aromatic carbocycles. The molecule has 0 saturated heterocycles. The normalized spacial score (nSPS) is 10.1. The molecule has 0 bridgehead atoms. The molecule has 0 radical (unpaired) electrons. The fourth-order valence-electron chi connectivity index (χ4n) is 1.56. The van der Waals surface area contributed by atoms with Crippen LogP contribution in [0.25, 0.3) is 6.08 Å². The summed E-state index contributed by atoms with van der Waals surface area (Å²) >= 11 is 0. The van der Waals surface area contributed by atoms with Crippen LogP contribution in [0.5, 0.6) is 5.75 Å². The predicted octanol–water partition coefficient (Wildman–Crippen LogP) is 4.19. The maximum Gasteiger partial charge on any atom is 0.191 e. The smallest absolute Gasteiger partial charge is 0.191 e. The maximum atomic E-state index is 13.6. The molecule has 18 heavy (non-hydrogen) atoms. The lowest BCUT2D eigenvalue weighted by atomic mass is 10.2. The summed E-state index contributed by atoms with van der Waals surface area (Å²) in [6.45, 7) is 3.59. The largest absolute Gasteiger partial charge is 0.483 e. The average molecular weight is 246 g/mol. The highest BCUT2D eigenvalue weighted by Crippen LogP contribution is 2.24. The molecule has 0 saturated carbocycles. The van der Waals surface area contributed by atoms with Crippen LogP contribution >= 0.6 is 0 Å². The average Bonchev–Trinajstić information content (AvgIpc) is 2.38. The molecular weight excluding hydrogens is 234 g/mol. The molecule has 0 aliphatic carbocycles. The van der Waals surface area contributed by atoms with Gasteiger partial charge < -0.3 is 4.74 Å². The SMILES string of the molecule is C=Cc1cc(F)c(OCc2ccccc2)c(F)c1. The minimum atomic E-state index is -0.721. The number of halogens is 2. The van der Waals surface area contributed by atoms with Crippen molar-refractivity contribution in [1.82, 2.24) is 0 Å². The summed E-state index contributed by atoms with van der Waals surface area (Å²) < 4.78 is 32.3. The second kappa shape index (κ2) is 5.45. The molecule has 0 atom stereocenters. The summed E-state index contributed by atoms with van der Waals surface area (Å²) in [4.78, 5) is 0. The van der Waals surface area contributed by atoms with Gasteiger partial charge in [0.1, 0.15) is 6.61 Å². The number of ether oxygens (including phenoxy) is 1. The summed E-state index contributed by atoms with van der Waals surface area (Å²) in [6.07, 6.45) is 1.38. The standard InChI is InChI=1S/C15H12F2O/c1-2-11-8-13(16)15(14(17)9-11)18-10-12-6-4-3-5-7-12/h2-9H,1,10H2. The third-order valence-corrected chi connectivity index (χ3v) is 2.48. The molecule has 0 aliphatic rings. The van der Waals surface area contributed by atoms with Gasteiger partial charge in [0.25, 0.3) is 0 Å². The van der Waals surface area contributed by atoms with E-state index < -0.39 is 11.6 Å². The highest BCUT2D eigenvalue weighted by molar-refractivity contribution is 5.49. The third kappa shape index (κ3) is 2.74. The Bertz CT molecular complexity index is 527. The lowest BCUT2D eigenvalue weighted by Gasteiger charge is -2.09. The second-order valence-electron chi connectivity index (χ2n) is 3.79. The van der Waals surface area contributed by atoms with Crippen LogP contribution in [0.1, 0.15) is 11.1 Å². The molecule has 2 aromatic rings. The molecule has 3 heteroatoms. The number of hydrogen-bond donors (Lipinski definition) is 0. The van der Waals surface area contributed by atoms with E-state index in [4.69, 9.17) is 4.74 Å². The van der Waals surface area contributed by atoms with Crippen LogP contribution in [0.2, 0.25) is 0 Å². The van der Waals surface area contributed by atoms with Crippen molar-refractivity contribution in [2.75, 3.05) is 0 Å². The fourth-order valence-corrected chi connectivity index (χ4v) is 1.56. The van der Waals surface area contributed by atoms with E-state index in [0.29, 0.717) is 5.56 Å². The van der Waals surface area contributed by atoms with Gasteiger partial charge in [-0.1, -0.05) is 43.0 Å². The first-order chi connectivity index (χ1) is 8.70. The van der Waals surface area contributed by atoms with Gasteiger partial charge >= 0.3 is 0 Å². The van der Waals surface area contributed by atoms with Gasteiger partial charge in [-0.15, -0.1) is 0 Å². The van der Waals surface area contributed by atoms with Crippen molar-refractivity contribution in [3.8, 4) is 5.75 Å². The van der Waals surface area contributed by atoms with E-state index in [1.54, 1.807) is 0 Å². The molecule has 0 unspecified atom stereocenters. The van der Waals surface area contributed by atoms with Gasteiger partial charge in [-0.25, -0.2) is 8.78 Å². The highest BCUT2D eigenvalue weighted by Gasteiger charge is 2.11. The summed E-state index contributed by atoms with van der Waals surface area (Å²) in [6, 6.07) is 11.6. The Balaban J connectivity index is 2.17. The van der Waals surface area contributed by atoms with Crippen molar-refractivity contribution in [3.63, 3.8) is 0 Å². The van der Waals surface area contributed by atoms with Gasteiger partial charge in [-0.3, -0.25) is 0 Å². The molecule has 0 N–H and O–H groups in total. The van der Waals surface area contributed by atoms with Crippen molar-refractivity contribution in [1.29, 1.82) is 0 Å². The van der Waals surface area contributed by atoms with Crippen LogP contribution in [0, 0.1) is 11.6 Å². The molecule has 0 amide bonds. The van der Waals surface area contributed by atoms with Gasteiger partial charge in [0.2, 0.25) is 0 Å². The first kappa shape index (κ1) is 12.3. The first-order valence-electron chi connectivity index (χ1n) is 5.49. The van der Waals surface area contributed by atoms with E-state index in [0.717, 1.165) is 5.56 Å². The van der Waals surface area contributed by atoms with Gasteiger partial charge in [0, 0.05) is 0 Å². The van der Waals surface area contributed by atoms with Crippen LogP contribution < -0.4 is 4.74 Å². The molecule has 2 rings (SSSR count). The Labute approximate surface area is 104 Å². The molecule has 0 aliphatic heterocycles. The first-order valence-corrected chi connectivity index (χ1v) is 5.49. The minimum absolute atomic E-state index is 0.127. The zero-order valence-electron chi connectivity index (χ0n) is 9.70. The zero-order valence-corrected chi connectivity index (χ0v) is 9.70. The minimum Gasteiger partial charge on any atom is -0.483 e. The van der Waals surface area contributed by atoms with Crippen molar-refractivity contribution in [2.45, 2.75) is 6.61 Å². The number of benzene rings is 2. The predicted molar refractivity (Wildman–Crippen MR) is 67.2 cm³/mol. The number of hydrogen-bond acceptors (Lipinski definition) is 1. The molecule has 0 aromatic heterocycles. The quantitative estimate of drug-likeness (QED) is 0.786. The van der Waals surface area contributed by atoms with E-state index in [9.17, 15) is 8.78 Å². The van der Waals surface area contributed by atoms with Crippen LogP contribution in [0.3, 0.4) is 0 Å². The second-order valence-corrected chi connectivity index (χ2v) is 3.79. The van der Waals surface area contributed by atoms with Gasteiger partial charge in [-0.05, 0) is 23.3 Å². The lowest BCUT2D eigenvalue weighted by molar-refractivity contribution is 0.274. The van der Waals surface area contributed by atoms with Crippen LogP contribution in [-0.4, -0.2) is 0 Å². The molecule has 0 fully saturated rings. The molecule has 1 nitrogen and oxygen atoms in total. The Kier molecular flexibility index (Phi) is 3.72. The van der Waals surface area contributed by atoms with Crippen LogP contribution in [0.15, 0.2) is 49.0 Å². The van der Waals surface area contributed by atoms with Gasteiger partial charge in [0.15, 0.2) is 17.4 Å². The summed E-state index contributed by atoms with van der Waals surface area (Å²) in [5.74, 6) is -1.80. The highest BCUT2D eigenvalue weighted by atomic mass is 19.1. The summed E-state index contributed by atoms with van der Waals surface area (Å²) in [7, 11) is 0. The zero-order chi connectivity index (χ0) is 13.0. The van der Waals surface area contributed by atoms with E-state index in [2.05, 4.69) is 6.58 Å². The van der Waals surface area contributed by atoms with Crippen LogP contribution in [-0.2, 0) is 6.61 Å². The van der Waals surface area contributed by atoms with Crippen LogP contribution in [0.4, 0.5) is 8.78 Å². The Hall–Kier alpha value is -2.16. The topological polar surface area (TPSA) is 9.23 Å². The molecule has 0 heterocycles.